The zero-order valence-electron chi connectivity index (χ0n) is 18.2. The van der Waals surface area contributed by atoms with Gasteiger partial charge >= 0.3 is 0 Å². The van der Waals surface area contributed by atoms with Crippen molar-refractivity contribution in [1.82, 2.24) is 0 Å². The molecule has 0 saturated heterocycles. The number of rotatable bonds is 0. The molecule has 0 fully saturated rings. The molecule has 0 amide bonds. The van der Waals surface area contributed by atoms with E-state index in [0.717, 1.165) is 0 Å². The molecule has 0 bridgehead atoms. The molecule has 1 rings (SSSR count). The molecule has 156 valence electrons. The van der Waals surface area contributed by atoms with Crippen LogP contribution in [0.3, 0.4) is 0 Å². The van der Waals surface area contributed by atoms with Crippen LogP contribution in [0.15, 0.2) is 109 Å². The average Bonchev–Trinajstić information content (AvgIpc) is 2.73. The maximum atomic E-state index is 2.28. The molecule has 0 aliphatic heterocycles. The largest absolute Gasteiger partial charge is 0.0845 e. The van der Waals surface area contributed by atoms with E-state index < -0.39 is 0 Å². The van der Waals surface area contributed by atoms with Gasteiger partial charge in [0.2, 0.25) is 0 Å². The van der Waals surface area contributed by atoms with Crippen LogP contribution in [0.5, 0.6) is 0 Å². The molecule has 0 heterocycles. The predicted octanol–water partition coefficient (Wildman–Crippen LogP) is 9.30. The van der Waals surface area contributed by atoms with Crippen LogP contribution in [-0.2, 0) is 0 Å². The Morgan fingerprint density at radius 3 is 0.690 bits per heavy atom. The molecule has 0 atom stereocenters. The van der Waals surface area contributed by atoms with E-state index in [0.29, 0.717) is 0 Å². The second kappa shape index (κ2) is 22.0. The molecule has 0 nitrogen and oxygen atoms in total. The molecule has 1 aliphatic carbocycles. The summed E-state index contributed by atoms with van der Waals surface area (Å²) in [5.74, 6) is 0. The third-order valence-corrected chi connectivity index (χ3v) is 4.68. The van der Waals surface area contributed by atoms with Gasteiger partial charge in [0.1, 0.15) is 0 Å². The molecule has 0 spiro atoms. The van der Waals surface area contributed by atoms with Gasteiger partial charge in [0.15, 0.2) is 0 Å². The summed E-state index contributed by atoms with van der Waals surface area (Å²) >= 11 is 0. The van der Waals surface area contributed by atoms with Gasteiger partial charge in [-0.15, -0.1) is 0 Å². The minimum absolute atomic E-state index is 1.20. The Bertz CT molecular complexity index is 560. The van der Waals surface area contributed by atoms with Gasteiger partial charge in [0, 0.05) is 0 Å². The average molecular weight is 389 g/mol. The number of hydrogen-bond acceptors (Lipinski definition) is 0. The fourth-order valence-corrected chi connectivity index (χ4v) is 3.01. The van der Waals surface area contributed by atoms with E-state index in [-0.39, 0.29) is 0 Å². The summed E-state index contributed by atoms with van der Waals surface area (Å²) in [4.78, 5) is 0. The lowest BCUT2D eigenvalue weighted by Crippen LogP contribution is -1.81. The second-order valence-electron chi connectivity index (χ2n) is 7.31. The Kier molecular flexibility index (Phi) is 18.7. The van der Waals surface area contributed by atoms with Crippen molar-refractivity contribution in [2.24, 2.45) is 0 Å². The standard InChI is InChI=1S/C29H40/c1-2-4-6-8-10-12-14-16-18-20-22-24-26-28-29-27-25-23-21-19-17-15-13-11-9-7-5-3-1/h1-18H,19-29H2/b2-1-,5-3-,6-4-,9-7-,10-8-,13-11-,14-12+,17-15?,18-16-. The molecular formula is C29H40. The first-order valence-electron chi connectivity index (χ1n) is 11.5. The first-order chi connectivity index (χ1) is 14.5. The lowest BCUT2D eigenvalue weighted by molar-refractivity contribution is 0.561. The molecule has 0 heteroatoms. The smallest absolute Gasteiger partial charge is 0.0348 e. The normalized spacial score (nSPS) is 27.9. The highest BCUT2D eigenvalue weighted by molar-refractivity contribution is 5.21. The van der Waals surface area contributed by atoms with Crippen molar-refractivity contribution in [3.05, 3.63) is 109 Å². The van der Waals surface area contributed by atoms with Crippen LogP contribution in [-0.4, -0.2) is 0 Å². The van der Waals surface area contributed by atoms with Crippen LogP contribution < -0.4 is 0 Å². The number of hydrogen-bond donors (Lipinski definition) is 0. The van der Waals surface area contributed by atoms with E-state index in [1.54, 1.807) is 0 Å². The molecule has 0 saturated carbocycles. The van der Waals surface area contributed by atoms with Crippen LogP contribution >= 0.6 is 0 Å². The summed E-state index contributed by atoms with van der Waals surface area (Å²) in [6, 6.07) is 0. The van der Waals surface area contributed by atoms with Gasteiger partial charge in [-0.2, -0.15) is 0 Å². The van der Waals surface area contributed by atoms with Gasteiger partial charge in [0.25, 0.3) is 0 Å². The summed E-state index contributed by atoms with van der Waals surface area (Å²) in [7, 11) is 0. The molecule has 0 unspecified atom stereocenters. The Morgan fingerprint density at radius 2 is 0.414 bits per heavy atom. The van der Waals surface area contributed by atoms with Gasteiger partial charge in [-0.05, 0) is 25.7 Å². The topological polar surface area (TPSA) is 0 Å². The lowest BCUT2D eigenvalue weighted by Gasteiger charge is -2.01. The van der Waals surface area contributed by atoms with Crippen molar-refractivity contribution < 1.29 is 0 Å². The van der Waals surface area contributed by atoms with Crippen molar-refractivity contribution in [2.75, 3.05) is 0 Å². The van der Waals surface area contributed by atoms with Crippen LogP contribution in [0.2, 0.25) is 0 Å². The molecule has 0 aromatic carbocycles. The fraction of sp³-hybridized carbons (Fsp3) is 0.379. The van der Waals surface area contributed by atoms with Gasteiger partial charge in [-0.1, -0.05) is 154 Å². The van der Waals surface area contributed by atoms with Gasteiger partial charge in [-0.25, -0.2) is 0 Å². The molecule has 29 heavy (non-hydrogen) atoms. The summed E-state index contributed by atoms with van der Waals surface area (Å²) in [5, 5.41) is 0. The highest BCUT2D eigenvalue weighted by Gasteiger charge is 1.92. The summed E-state index contributed by atoms with van der Waals surface area (Å²) in [6.45, 7) is 0. The van der Waals surface area contributed by atoms with Crippen LogP contribution in [0.1, 0.15) is 70.6 Å². The highest BCUT2D eigenvalue weighted by Crippen LogP contribution is 2.11. The van der Waals surface area contributed by atoms with Crippen molar-refractivity contribution in [2.45, 2.75) is 70.6 Å². The number of allylic oxidation sites excluding steroid dienone is 18. The van der Waals surface area contributed by atoms with Crippen molar-refractivity contribution in [1.29, 1.82) is 0 Å². The molecule has 0 aromatic heterocycles. The van der Waals surface area contributed by atoms with E-state index in [9.17, 15) is 0 Å². The quantitative estimate of drug-likeness (QED) is 0.388. The van der Waals surface area contributed by atoms with E-state index >= 15 is 0 Å². The monoisotopic (exact) mass is 388 g/mol. The third-order valence-electron chi connectivity index (χ3n) is 4.68. The molecular weight excluding hydrogens is 348 g/mol. The first-order valence-corrected chi connectivity index (χ1v) is 11.5. The molecule has 0 radical (unpaired) electrons. The predicted molar refractivity (Wildman–Crippen MR) is 133 cm³/mol. The van der Waals surface area contributed by atoms with Crippen molar-refractivity contribution >= 4 is 0 Å². The highest BCUT2D eigenvalue weighted by atomic mass is 14.0. The fourth-order valence-electron chi connectivity index (χ4n) is 3.01. The Labute approximate surface area is 180 Å². The van der Waals surface area contributed by atoms with Crippen molar-refractivity contribution in [3.63, 3.8) is 0 Å². The molecule has 0 aromatic rings. The zero-order chi connectivity index (χ0) is 20.5. The van der Waals surface area contributed by atoms with Gasteiger partial charge in [-0.3, -0.25) is 0 Å². The van der Waals surface area contributed by atoms with E-state index in [4.69, 9.17) is 0 Å². The second-order valence-corrected chi connectivity index (χ2v) is 7.31. The first kappa shape index (κ1) is 24.7. The Hall–Kier alpha value is -2.34. The van der Waals surface area contributed by atoms with Crippen LogP contribution in [0.25, 0.3) is 0 Å². The Morgan fingerprint density at radius 1 is 0.207 bits per heavy atom. The maximum Gasteiger partial charge on any atom is -0.0348 e. The molecule has 1 aliphatic rings. The lowest BCUT2D eigenvalue weighted by atomic mass is 10.1. The van der Waals surface area contributed by atoms with Crippen molar-refractivity contribution in [3.8, 4) is 0 Å². The van der Waals surface area contributed by atoms with E-state index in [1.807, 2.05) is 48.6 Å². The third kappa shape index (κ3) is 20.2. The van der Waals surface area contributed by atoms with Crippen LogP contribution in [0.4, 0.5) is 0 Å². The molecule has 0 N–H and O–H groups in total. The summed E-state index contributed by atoms with van der Waals surface area (Å²) < 4.78 is 0. The van der Waals surface area contributed by atoms with Gasteiger partial charge < -0.3 is 0 Å². The summed E-state index contributed by atoms with van der Waals surface area (Å²) in [6.07, 6.45) is 52.5. The minimum Gasteiger partial charge on any atom is -0.0845 e. The Balaban J connectivity index is 2.39. The van der Waals surface area contributed by atoms with Gasteiger partial charge in [0.05, 0.1) is 0 Å². The zero-order valence-corrected chi connectivity index (χ0v) is 18.2. The maximum absolute atomic E-state index is 2.28. The van der Waals surface area contributed by atoms with E-state index in [2.05, 4.69) is 60.8 Å². The van der Waals surface area contributed by atoms with E-state index in [1.165, 1.54) is 70.6 Å². The SMILES string of the molecule is C1=CCCCCCCCCCCC\C=C/C=C/C=C\C=C/C=C\C=C/C=C\C=C/1. The summed E-state index contributed by atoms with van der Waals surface area (Å²) in [5.41, 5.74) is 0. The minimum atomic E-state index is 1.20. The van der Waals surface area contributed by atoms with Crippen LogP contribution in [0, 0.1) is 0 Å².